The number of hydrogen-bond acceptors (Lipinski definition) is 0. The molecule has 9 heavy (non-hydrogen) atoms. The van der Waals surface area contributed by atoms with Gasteiger partial charge in [0.25, 0.3) is 0 Å². The second-order valence-corrected chi connectivity index (χ2v) is 4.20. The first-order valence-corrected chi connectivity index (χ1v) is 4.89. The van der Waals surface area contributed by atoms with E-state index >= 15 is 0 Å². The Labute approximate surface area is 59.7 Å². The SMILES string of the molecule is CCC(C)[Si]CCCF. The van der Waals surface area contributed by atoms with Gasteiger partial charge in [-0.05, 0) is 6.42 Å². The van der Waals surface area contributed by atoms with E-state index in [0.29, 0.717) is 0 Å². The van der Waals surface area contributed by atoms with E-state index in [1.807, 2.05) is 0 Å². The van der Waals surface area contributed by atoms with Gasteiger partial charge in [-0.3, -0.25) is 4.39 Å². The maximum absolute atomic E-state index is 11.6. The zero-order valence-electron chi connectivity index (χ0n) is 6.28. The first-order chi connectivity index (χ1) is 4.31. The lowest BCUT2D eigenvalue weighted by Gasteiger charge is -2.03. The summed E-state index contributed by atoms with van der Waals surface area (Å²) in [7, 11) is 0.973. The summed E-state index contributed by atoms with van der Waals surface area (Å²) in [6.07, 6.45) is 2.01. The highest BCUT2D eigenvalue weighted by Gasteiger charge is 1.98. The Bertz CT molecular complexity index is 56.9. The molecule has 0 fully saturated rings. The Morgan fingerprint density at radius 2 is 2.22 bits per heavy atom. The van der Waals surface area contributed by atoms with Crippen LogP contribution in [-0.2, 0) is 0 Å². The van der Waals surface area contributed by atoms with E-state index in [4.69, 9.17) is 0 Å². The first-order valence-electron chi connectivity index (χ1n) is 3.60. The molecule has 1 unspecified atom stereocenters. The highest BCUT2D eigenvalue weighted by Crippen LogP contribution is 2.08. The predicted octanol–water partition coefficient (Wildman–Crippen LogP) is 2.69. The maximum atomic E-state index is 11.6. The summed E-state index contributed by atoms with van der Waals surface area (Å²) >= 11 is 0. The average molecular weight is 146 g/mol. The summed E-state index contributed by atoms with van der Waals surface area (Å²) in [6.45, 7) is 4.28. The maximum Gasteiger partial charge on any atom is 0.0891 e. The van der Waals surface area contributed by atoms with Crippen molar-refractivity contribution in [1.82, 2.24) is 0 Å². The zero-order valence-corrected chi connectivity index (χ0v) is 7.28. The van der Waals surface area contributed by atoms with Crippen LogP contribution in [-0.4, -0.2) is 16.2 Å². The molecule has 0 nitrogen and oxygen atoms in total. The molecule has 54 valence electrons. The van der Waals surface area contributed by atoms with Crippen molar-refractivity contribution >= 4 is 9.52 Å². The summed E-state index contributed by atoms with van der Waals surface area (Å²) in [5, 5.41) is 0. The van der Waals surface area contributed by atoms with Crippen LogP contribution in [0.2, 0.25) is 11.6 Å². The van der Waals surface area contributed by atoms with E-state index in [9.17, 15) is 4.39 Å². The van der Waals surface area contributed by atoms with Crippen LogP contribution < -0.4 is 0 Å². The van der Waals surface area contributed by atoms with Gasteiger partial charge in [-0.25, -0.2) is 0 Å². The summed E-state index contributed by atoms with van der Waals surface area (Å²) < 4.78 is 11.6. The summed E-state index contributed by atoms with van der Waals surface area (Å²) in [5.41, 5.74) is 0.816. The molecule has 2 radical (unpaired) electrons. The molecular weight excluding hydrogens is 131 g/mol. The van der Waals surface area contributed by atoms with E-state index < -0.39 is 0 Å². The standard InChI is InChI=1S/C7H15FSi/c1-3-7(2)9-6-4-5-8/h7H,3-6H2,1-2H3. The molecule has 0 amide bonds. The minimum Gasteiger partial charge on any atom is -0.251 e. The smallest absolute Gasteiger partial charge is 0.0891 e. The van der Waals surface area contributed by atoms with Gasteiger partial charge in [0.05, 0.1) is 6.67 Å². The first kappa shape index (κ1) is 9.15. The van der Waals surface area contributed by atoms with Crippen molar-refractivity contribution in [2.24, 2.45) is 0 Å². The van der Waals surface area contributed by atoms with Crippen molar-refractivity contribution in [2.45, 2.75) is 38.3 Å². The van der Waals surface area contributed by atoms with Gasteiger partial charge in [-0.15, -0.1) is 0 Å². The molecule has 0 saturated heterocycles. The molecule has 0 aliphatic carbocycles. The van der Waals surface area contributed by atoms with Gasteiger partial charge in [0.15, 0.2) is 0 Å². The molecule has 0 aliphatic rings. The highest BCUT2D eigenvalue weighted by molar-refractivity contribution is 6.37. The fourth-order valence-electron chi connectivity index (χ4n) is 0.560. The van der Waals surface area contributed by atoms with Gasteiger partial charge in [-0.2, -0.15) is 0 Å². The van der Waals surface area contributed by atoms with Crippen LogP contribution in [0.25, 0.3) is 0 Å². The van der Waals surface area contributed by atoms with Gasteiger partial charge < -0.3 is 0 Å². The average Bonchev–Trinajstić information content (AvgIpc) is 1.89. The van der Waals surface area contributed by atoms with Gasteiger partial charge in [0.1, 0.15) is 0 Å². The monoisotopic (exact) mass is 146 g/mol. The van der Waals surface area contributed by atoms with Crippen LogP contribution in [0.15, 0.2) is 0 Å². The van der Waals surface area contributed by atoms with Gasteiger partial charge in [0.2, 0.25) is 0 Å². The van der Waals surface area contributed by atoms with Crippen molar-refractivity contribution < 1.29 is 4.39 Å². The van der Waals surface area contributed by atoms with Crippen LogP contribution in [0.5, 0.6) is 0 Å². The summed E-state index contributed by atoms with van der Waals surface area (Å²) in [5.74, 6) is 0. The molecule has 0 N–H and O–H groups in total. The summed E-state index contributed by atoms with van der Waals surface area (Å²) in [6, 6.07) is 1.09. The van der Waals surface area contributed by atoms with E-state index in [-0.39, 0.29) is 6.67 Å². The molecule has 2 heteroatoms. The van der Waals surface area contributed by atoms with Gasteiger partial charge in [-0.1, -0.05) is 31.9 Å². The van der Waals surface area contributed by atoms with Gasteiger partial charge in [0, 0.05) is 9.52 Å². The molecular formula is C7H15FSi. The Balaban J connectivity index is 2.88. The lowest BCUT2D eigenvalue weighted by Crippen LogP contribution is -1.97. The Hall–Kier alpha value is 0.147. The van der Waals surface area contributed by atoms with Crippen molar-refractivity contribution in [3.8, 4) is 0 Å². The summed E-state index contributed by atoms with van der Waals surface area (Å²) in [4.78, 5) is 0. The van der Waals surface area contributed by atoms with Crippen LogP contribution in [0, 0.1) is 0 Å². The molecule has 0 aromatic rings. The topological polar surface area (TPSA) is 0 Å². The molecule has 0 saturated carbocycles. The molecule has 0 rings (SSSR count). The third kappa shape index (κ3) is 6.03. The normalized spacial score (nSPS) is 13.7. The molecule has 0 heterocycles. The third-order valence-electron chi connectivity index (χ3n) is 1.42. The number of alkyl halides is 1. The highest BCUT2D eigenvalue weighted by atomic mass is 28.2. The van der Waals surface area contributed by atoms with E-state index in [1.54, 1.807) is 0 Å². The van der Waals surface area contributed by atoms with Crippen molar-refractivity contribution in [3.05, 3.63) is 0 Å². The van der Waals surface area contributed by atoms with Gasteiger partial charge >= 0.3 is 0 Å². The number of rotatable bonds is 5. The molecule has 1 atom stereocenters. The van der Waals surface area contributed by atoms with E-state index in [2.05, 4.69) is 13.8 Å². The molecule has 0 aliphatic heterocycles. The lowest BCUT2D eigenvalue weighted by molar-refractivity contribution is 0.486. The van der Waals surface area contributed by atoms with Crippen molar-refractivity contribution in [2.75, 3.05) is 6.67 Å². The fraction of sp³-hybridized carbons (Fsp3) is 1.00. The second kappa shape index (κ2) is 6.27. The minimum atomic E-state index is -0.135. The molecule has 0 spiro atoms. The molecule has 0 aromatic heterocycles. The largest absolute Gasteiger partial charge is 0.251 e. The van der Waals surface area contributed by atoms with E-state index in [0.717, 1.165) is 27.5 Å². The Kier molecular flexibility index (Phi) is 6.37. The van der Waals surface area contributed by atoms with Crippen molar-refractivity contribution in [3.63, 3.8) is 0 Å². The Morgan fingerprint density at radius 3 is 2.67 bits per heavy atom. The third-order valence-corrected chi connectivity index (χ3v) is 3.16. The van der Waals surface area contributed by atoms with Crippen LogP contribution in [0.3, 0.4) is 0 Å². The van der Waals surface area contributed by atoms with Crippen molar-refractivity contribution in [1.29, 1.82) is 0 Å². The molecule has 0 aromatic carbocycles. The molecule has 0 bridgehead atoms. The fourth-order valence-corrected chi connectivity index (χ4v) is 1.68. The van der Waals surface area contributed by atoms with Crippen LogP contribution in [0.4, 0.5) is 4.39 Å². The number of hydrogen-bond donors (Lipinski definition) is 0. The van der Waals surface area contributed by atoms with Crippen LogP contribution in [0.1, 0.15) is 26.7 Å². The zero-order chi connectivity index (χ0) is 7.11. The van der Waals surface area contributed by atoms with E-state index in [1.165, 1.54) is 6.42 Å². The van der Waals surface area contributed by atoms with Crippen LogP contribution >= 0.6 is 0 Å². The second-order valence-electron chi connectivity index (χ2n) is 2.31. The Morgan fingerprint density at radius 1 is 1.56 bits per heavy atom. The quantitative estimate of drug-likeness (QED) is 0.413. The minimum absolute atomic E-state index is 0.135. The number of halogens is 1. The predicted molar refractivity (Wildman–Crippen MR) is 40.9 cm³/mol. The lowest BCUT2D eigenvalue weighted by atomic mass is 10.4.